The predicted molar refractivity (Wildman–Crippen MR) is 169 cm³/mol. The molecule has 0 atom stereocenters. The molecule has 0 saturated heterocycles. The molecule has 0 spiro atoms. The van der Waals surface area contributed by atoms with Crippen molar-refractivity contribution in [3.05, 3.63) is 54.1 Å². The summed E-state index contributed by atoms with van der Waals surface area (Å²) >= 11 is 0. The van der Waals surface area contributed by atoms with Gasteiger partial charge in [0.05, 0.1) is 29.8 Å². The van der Waals surface area contributed by atoms with Crippen molar-refractivity contribution in [3.63, 3.8) is 0 Å². The van der Waals surface area contributed by atoms with Gasteiger partial charge in [-0.05, 0) is 107 Å². The first-order valence-corrected chi connectivity index (χ1v) is 16.2. The average Bonchev–Trinajstić information content (AvgIpc) is 3.02. The minimum absolute atomic E-state index is 0.0361. The Bertz CT molecular complexity index is 1070. The van der Waals surface area contributed by atoms with Gasteiger partial charge in [-0.15, -0.1) is 0 Å². The molecule has 0 radical (unpaired) electrons. The molecule has 2 aromatic rings. The van der Waals surface area contributed by atoms with E-state index < -0.39 is 5.97 Å². The van der Waals surface area contributed by atoms with Gasteiger partial charge in [-0.3, -0.25) is 4.79 Å². The van der Waals surface area contributed by atoms with E-state index >= 15 is 0 Å². The Kier molecular flexibility index (Phi) is 15.0. The summed E-state index contributed by atoms with van der Waals surface area (Å²) in [6.07, 6.45) is 13.8. The van der Waals surface area contributed by atoms with Crippen molar-refractivity contribution >= 4 is 11.9 Å². The normalized spacial score (nSPS) is 16.9. The Morgan fingerprint density at radius 3 is 1.95 bits per heavy atom. The highest BCUT2D eigenvalue weighted by Gasteiger charge is 2.28. The zero-order chi connectivity index (χ0) is 30.9. The van der Waals surface area contributed by atoms with Crippen LogP contribution in [-0.2, 0) is 14.3 Å². The fourth-order valence-corrected chi connectivity index (χ4v) is 5.17. The maximum atomic E-state index is 12.7. The number of unbranched alkanes of at least 4 members (excludes halogenated alkanes) is 6. The number of rotatable bonds is 19. The lowest BCUT2D eigenvalue weighted by molar-refractivity contribution is -0.141. The highest BCUT2D eigenvalue weighted by atomic mass is 16.5. The Labute approximate surface area is 258 Å². The number of esters is 2. The SMILES string of the molecule is CCCCCCOc1ccc(C(=O)Oc2ccc(OC(=O)C3CCC(OCCCCCCC(C)(C)OC)CC3)cc2)cc1. The van der Waals surface area contributed by atoms with E-state index in [1.165, 1.54) is 32.1 Å². The largest absolute Gasteiger partial charge is 0.494 e. The third-order valence-electron chi connectivity index (χ3n) is 8.20. The Balaban J connectivity index is 1.30. The number of hydrogen-bond acceptors (Lipinski definition) is 7. The summed E-state index contributed by atoms with van der Waals surface area (Å²) in [5, 5.41) is 0. The number of methoxy groups -OCH3 is 1. The summed E-state index contributed by atoms with van der Waals surface area (Å²) in [5.41, 5.74) is 0.404. The second kappa shape index (κ2) is 18.7. The lowest BCUT2D eigenvalue weighted by Gasteiger charge is -2.27. The highest BCUT2D eigenvalue weighted by Crippen LogP contribution is 2.29. The second-order valence-corrected chi connectivity index (χ2v) is 12.2. The number of ether oxygens (including phenoxy) is 5. The molecule has 2 aromatic carbocycles. The molecule has 0 heterocycles. The lowest BCUT2D eigenvalue weighted by Crippen LogP contribution is -2.29. The molecular weight excluding hydrogens is 544 g/mol. The zero-order valence-electron chi connectivity index (χ0n) is 26.7. The van der Waals surface area contributed by atoms with Gasteiger partial charge < -0.3 is 23.7 Å². The predicted octanol–water partition coefficient (Wildman–Crippen LogP) is 8.72. The minimum atomic E-state index is -0.454. The maximum absolute atomic E-state index is 12.7. The number of hydrogen-bond donors (Lipinski definition) is 0. The fraction of sp³-hybridized carbons (Fsp3) is 0.611. The standard InChI is InChI=1S/C36H52O7/c1-5-6-7-11-26-40-30-17-13-28(14-18-30)34(37)42-32-21-23-33(24-22-32)43-35(38)29-15-19-31(20-16-29)41-27-12-9-8-10-25-36(2,3)39-4/h13-14,17-18,21-24,29,31H,5-12,15-16,19-20,25-27H2,1-4H3. The van der Waals surface area contributed by atoms with Crippen LogP contribution in [-0.4, -0.2) is 44.0 Å². The molecule has 43 heavy (non-hydrogen) atoms. The molecule has 1 aliphatic rings. The van der Waals surface area contributed by atoms with Crippen molar-refractivity contribution in [3.8, 4) is 17.2 Å². The molecule has 7 heteroatoms. The number of carbonyl (C=O) groups excluding carboxylic acids is 2. The third kappa shape index (κ3) is 13.1. The van der Waals surface area contributed by atoms with Crippen LogP contribution in [0.5, 0.6) is 17.2 Å². The minimum Gasteiger partial charge on any atom is -0.494 e. The molecule has 0 bridgehead atoms. The second-order valence-electron chi connectivity index (χ2n) is 12.2. The van der Waals surface area contributed by atoms with Crippen molar-refractivity contribution in [2.75, 3.05) is 20.3 Å². The number of benzene rings is 2. The van der Waals surface area contributed by atoms with E-state index in [1.54, 1.807) is 55.6 Å². The summed E-state index contributed by atoms with van der Waals surface area (Å²) in [6, 6.07) is 13.5. The van der Waals surface area contributed by atoms with Gasteiger partial charge in [-0.25, -0.2) is 4.79 Å². The van der Waals surface area contributed by atoms with E-state index in [2.05, 4.69) is 20.8 Å². The molecule has 238 valence electrons. The summed E-state index contributed by atoms with van der Waals surface area (Å²) in [5.74, 6) is 0.781. The van der Waals surface area contributed by atoms with Gasteiger partial charge in [0.1, 0.15) is 17.2 Å². The van der Waals surface area contributed by atoms with Gasteiger partial charge in [-0.1, -0.05) is 45.4 Å². The van der Waals surface area contributed by atoms with Crippen LogP contribution in [0.4, 0.5) is 0 Å². The Morgan fingerprint density at radius 1 is 0.721 bits per heavy atom. The quantitative estimate of drug-likeness (QED) is 0.0911. The van der Waals surface area contributed by atoms with Gasteiger partial charge in [0, 0.05) is 13.7 Å². The first kappa shape index (κ1) is 34.6. The topological polar surface area (TPSA) is 80.3 Å². The molecule has 0 unspecified atom stereocenters. The van der Waals surface area contributed by atoms with Crippen LogP contribution in [0.2, 0.25) is 0 Å². The molecular formula is C36H52O7. The van der Waals surface area contributed by atoms with Gasteiger partial charge in [0.2, 0.25) is 0 Å². The summed E-state index contributed by atoms with van der Waals surface area (Å²) in [7, 11) is 1.77. The van der Waals surface area contributed by atoms with Crippen LogP contribution in [0.3, 0.4) is 0 Å². The van der Waals surface area contributed by atoms with Crippen LogP contribution in [0.1, 0.15) is 115 Å². The average molecular weight is 597 g/mol. The highest BCUT2D eigenvalue weighted by molar-refractivity contribution is 5.91. The Morgan fingerprint density at radius 2 is 1.30 bits per heavy atom. The molecule has 0 aromatic heterocycles. The van der Waals surface area contributed by atoms with E-state index in [0.717, 1.165) is 63.7 Å². The van der Waals surface area contributed by atoms with Crippen molar-refractivity contribution < 1.29 is 33.3 Å². The van der Waals surface area contributed by atoms with Crippen molar-refractivity contribution in [1.82, 2.24) is 0 Å². The van der Waals surface area contributed by atoms with E-state index in [9.17, 15) is 9.59 Å². The van der Waals surface area contributed by atoms with E-state index in [0.29, 0.717) is 23.7 Å². The summed E-state index contributed by atoms with van der Waals surface area (Å²) in [6.45, 7) is 7.90. The van der Waals surface area contributed by atoms with Crippen LogP contribution >= 0.6 is 0 Å². The molecule has 1 aliphatic carbocycles. The number of carbonyl (C=O) groups is 2. The summed E-state index contributed by atoms with van der Waals surface area (Å²) < 4.78 is 28.4. The van der Waals surface area contributed by atoms with Crippen LogP contribution in [0, 0.1) is 5.92 Å². The van der Waals surface area contributed by atoms with E-state index in [4.69, 9.17) is 23.7 Å². The van der Waals surface area contributed by atoms with Gasteiger partial charge in [-0.2, -0.15) is 0 Å². The molecule has 1 fully saturated rings. The molecule has 0 aliphatic heterocycles. The third-order valence-corrected chi connectivity index (χ3v) is 8.20. The van der Waals surface area contributed by atoms with Crippen LogP contribution in [0.25, 0.3) is 0 Å². The first-order chi connectivity index (χ1) is 20.8. The lowest BCUT2D eigenvalue weighted by atomic mass is 9.87. The smallest absolute Gasteiger partial charge is 0.343 e. The van der Waals surface area contributed by atoms with Crippen LogP contribution < -0.4 is 14.2 Å². The van der Waals surface area contributed by atoms with Crippen molar-refractivity contribution in [2.45, 2.75) is 116 Å². The van der Waals surface area contributed by atoms with E-state index in [-0.39, 0.29) is 23.6 Å². The monoisotopic (exact) mass is 596 g/mol. The molecule has 3 rings (SSSR count). The van der Waals surface area contributed by atoms with Crippen molar-refractivity contribution in [2.24, 2.45) is 5.92 Å². The van der Waals surface area contributed by atoms with Gasteiger partial charge >= 0.3 is 11.9 Å². The zero-order valence-corrected chi connectivity index (χ0v) is 26.7. The molecule has 0 N–H and O–H groups in total. The first-order valence-electron chi connectivity index (χ1n) is 16.2. The van der Waals surface area contributed by atoms with Gasteiger partial charge in [0.15, 0.2) is 0 Å². The Hall–Kier alpha value is -2.90. The van der Waals surface area contributed by atoms with E-state index in [1.807, 2.05) is 0 Å². The van der Waals surface area contributed by atoms with Crippen LogP contribution in [0.15, 0.2) is 48.5 Å². The molecule has 0 amide bonds. The molecule has 1 saturated carbocycles. The van der Waals surface area contributed by atoms with Gasteiger partial charge in [0.25, 0.3) is 0 Å². The summed E-state index contributed by atoms with van der Waals surface area (Å²) in [4.78, 5) is 25.3. The van der Waals surface area contributed by atoms with Crippen molar-refractivity contribution in [1.29, 1.82) is 0 Å². The molecule has 7 nitrogen and oxygen atoms in total. The maximum Gasteiger partial charge on any atom is 0.343 e. The fourth-order valence-electron chi connectivity index (χ4n) is 5.17.